The van der Waals surface area contributed by atoms with Gasteiger partial charge in [0.25, 0.3) is 5.91 Å². The van der Waals surface area contributed by atoms with Crippen molar-refractivity contribution in [1.82, 2.24) is 5.32 Å². The van der Waals surface area contributed by atoms with Crippen molar-refractivity contribution in [2.24, 2.45) is 0 Å². The van der Waals surface area contributed by atoms with Crippen LogP contribution in [0.3, 0.4) is 0 Å². The van der Waals surface area contributed by atoms with Crippen LogP contribution in [0.5, 0.6) is 11.5 Å². The van der Waals surface area contributed by atoms with E-state index in [9.17, 15) is 9.59 Å². The number of carbonyl (C=O) groups is 2. The maximum Gasteiger partial charge on any atom is 0.341 e. The van der Waals surface area contributed by atoms with Gasteiger partial charge in [-0.15, -0.1) is 0 Å². The van der Waals surface area contributed by atoms with Crippen molar-refractivity contribution in [1.29, 1.82) is 0 Å². The number of amides is 1. The van der Waals surface area contributed by atoms with Crippen LogP contribution in [0.25, 0.3) is 0 Å². The Labute approximate surface area is 151 Å². The summed E-state index contributed by atoms with van der Waals surface area (Å²) in [6.45, 7) is 1.72. The van der Waals surface area contributed by atoms with Crippen LogP contribution in [-0.2, 0) is 4.79 Å². The quantitative estimate of drug-likeness (QED) is 0.761. The summed E-state index contributed by atoms with van der Waals surface area (Å²) in [5.74, 6) is -0.241. The van der Waals surface area contributed by atoms with Gasteiger partial charge >= 0.3 is 5.97 Å². The summed E-state index contributed by atoms with van der Waals surface area (Å²) in [7, 11) is 0. The van der Waals surface area contributed by atoms with Crippen LogP contribution in [0.4, 0.5) is 0 Å². The van der Waals surface area contributed by atoms with Crippen molar-refractivity contribution in [2.45, 2.75) is 25.3 Å². The van der Waals surface area contributed by atoms with Gasteiger partial charge in [0, 0.05) is 17.5 Å². The molecule has 1 saturated carbocycles. The third-order valence-corrected chi connectivity index (χ3v) is 4.19. The van der Waals surface area contributed by atoms with E-state index < -0.39 is 12.6 Å². The molecule has 0 aromatic heterocycles. The van der Waals surface area contributed by atoms with E-state index in [2.05, 4.69) is 17.4 Å². The molecule has 2 unspecified atom stereocenters. The number of rotatable bonds is 8. The van der Waals surface area contributed by atoms with E-state index in [0.29, 0.717) is 29.6 Å². The van der Waals surface area contributed by atoms with Gasteiger partial charge in [-0.3, -0.25) is 4.79 Å². The molecule has 2 aromatic carbocycles. The molecular weight excluding hydrogens is 334 g/mol. The molecule has 0 saturated heterocycles. The third-order valence-electron chi connectivity index (χ3n) is 4.19. The number of benzene rings is 2. The largest absolute Gasteiger partial charge is 0.490 e. The summed E-state index contributed by atoms with van der Waals surface area (Å²) in [4.78, 5) is 23.2. The molecule has 0 radical (unpaired) electrons. The Morgan fingerprint density at radius 3 is 2.58 bits per heavy atom. The summed E-state index contributed by atoms with van der Waals surface area (Å²) in [6, 6.07) is 15.0. The minimum absolute atomic E-state index is 0.128. The summed E-state index contributed by atoms with van der Waals surface area (Å²) >= 11 is 0. The van der Waals surface area contributed by atoms with Gasteiger partial charge in [-0.05, 0) is 37.1 Å². The summed E-state index contributed by atoms with van der Waals surface area (Å²) < 4.78 is 10.7. The lowest BCUT2D eigenvalue weighted by Crippen LogP contribution is -2.26. The molecule has 1 fully saturated rings. The van der Waals surface area contributed by atoms with Crippen LogP contribution in [0, 0.1) is 0 Å². The zero-order valence-electron chi connectivity index (χ0n) is 14.5. The number of carbonyl (C=O) groups excluding carboxylic acids is 1. The Morgan fingerprint density at radius 2 is 1.88 bits per heavy atom. The molecular formula is C20H21NO5. The highest BCUT2D eigenvalue weighted by Gasteiger charge is 2.39. The topological polar surface area (TPSA) is 84.9 Å². The molecule has 2 aromatic rings. The fraction of sp³-hybridized carbons (Fsp3) is 0.300. The molecule has 6 nitrogen and oxygen atoms in total. The lowest BCUT2D eigenvalue weighted by Gasteiger charge is -2.12. The SMILES string of the molecule is CCOc1cc(C(=O)NC2CC2c2ccccc2)ccc1OCC(=O)O. The highest BCUT2D eigenvalue weighted by Crippen LogP contribution is 2.40. The van der Waals surface area contributed by atoms with Gasteiger partial charge in [0.1, 0.15) is 0 Å². The van der Waals surface area contributed by atoms with Crippen LogP contribution in [-0.4, -0.2) is 36.2 Å². The molecule has 0 spiro atoms. The van der Waals surface area contributed by atoms with E-state index in [1.165, 1.54) is 5.56 Å². The van der Waals surface area contributed by atoms with Gasteiger partial charge in [0.05, 0.1) is 6.61 Å². The normalized spacial score (nSPS) is 18.0. The standard InChI is InChI=1S/C20H21NO5/c1-2-25-18-10-14(8-9-17(18)26-12-19(22)23)20(24)21-16-11-15(16)13-6-4-3-5-7-13/h3-10,15-16H,2,11-12H2,1H3,(H,21,24)(H,22,23). The Morgan fingerprint density at radius 1 is 1.12 bits per heavy atom. The maximum atomic E-state index is 12.5. The highest BCUT2D eigenvalue weighted by atomic mass is 16.5. The van der Waals surface area contributed by atoms with E-state index in [4.69, 9.17) is 14.6 Å². The number of ether oxygens (including phenoxy) is 2. The van der Waals surface area contributed by atoms with Gasteiger partial charge in [-0.2, -0.15) is 0 Å². The van der Waals surface area contributed by atoms with Crippen molar-refractivity contribution in [3.8, 4) is 11.5 Å². The number of nitrogens with one attached hydrogen (secondary N) is 1. The first kappa shape index (κ1) is 17.8. The minimum atomic E-state index is -1.07. The smallest absolute Gasteiger partial charge is 0.341 e. The number of hydrogen-bond donors (Lipinski definition) is 2. The predicted molar refractivity (Wildman–Crippen MR) is 95.8 cm³/mol. The molecule has 136 valence electrons. The first-order chi connectivity index (χ1) is 12.6. The second-order valence-corrected chi connectivity index (χ2v) is 6.11. The van der Waals surface area contributed by atoms with E-state index in [1.54, 1.807) is 18.2 Å². The van der Waals surface area contributed by atoms with Crippen molar-refractivity contribution in [2.75, 3.05) is 13.2 Å². The average Bonchev–Trinajstić information content (AvgIpc) is 3.40. The Bertz CT molecular complexity index is 790. The fourth-order valence-electron chi connectivity index (χ4n) is 2.85. The van der Waals surface area contributed by atoms with E-state index >= 15 is 0 Å². The van der Waals surface area contributed by atoms with Crippen molar-refractivity contribution in [3.05, 3.63) is 59.7 Å². The van der Waals surface area contributed by atoms with Gasteiger partial charge in [-0.25, -0.2) is 4.79 Å². The predicted octanol–water partition coefficient (Wildman–Crippen LogP) is 2.83. The van der Waals surface area contributed by atoms with Crippen molar-refractivity contribution < 1.29 is 24.2 Å². The second kappa shape index (κ2) is 7.91. The second-order valence-electron chi connectivity index (χ2n) is 6.11. The summed E-state index contributed by atoms with van der Waals surface area (Å²) in [5, 5.41) is 11.8. The van der Waals surface area contributed by atoms with Crippen molar-refractivity contribution in [3.63, 3.8) is 0 Å². The molecule has 2 N–H and O–H groups in total. The highest BCUT2D eigenvalue weighted by molar-refractivity contribution is 5.95. The molecule has 1 aliphatic rings. The fourth-order valence-corrected chi connectivity index (χ4v) is 2.85. The van der Waals surface area contributed by atoms with E-state index in [1.807, 2.05) is 25.1 Å². The molecule has 1 aliphatic carbocycles. The molecule has 1 amide bonds. The monoisotopic (exact) mass is 355 g/mol. The zero-order chi connectivity index (χ0) is 18.5. The molecule has 0 heterocycles. The number of hydrogen-bond acceptors (Lipinski definition) is 4. The first-order valence-corrected chi connectivity index (χ1v) is 8.55. The van der Waals surface area contributed by atoms with E-state index in [0.717, 1.165) is 6.42 Å². The number of carboxylic acid groups (broad SMARTS) is 1. The average molecular weight is 355 g/mol. The Hall–Kier alpha value is -3.02. The molecule has 0 bridgehead atoms. The van der Waals surface area contributed by atoms with Crippen LogP contribution in [0.1, 0.15) is 35.2 Å². The molecule has 6 heteroatoms. The molecule has 26 heavy (non-hydrogen) atoms. The summed E-state index contributed by atoms with van der Waals surface area (Å²) in [5.41, 5.74) is 1.68. The lowest BCUT2D eigenvalue weighted by atomic mass is 10.1. The summed E-state index contributed by atoms with van der Waals surface area (Å²) in [6.07, 6.45) is 0.924. The van der Waals surface area contributed by atoms with Crippen LogP contribution in [0.2, 0.25) is 0 Å². The molecule has 0 aliphatic heterocycles. The Kier molecular flexibility index (Phi) is 5.41. The van der Waals surface area contributed by atoms with Gasteiger partial charge < -0.3 is 19.9 Å². The van der Waals surface area contributed by atoms with Gasteiger partial charge in [-0.1, -0.05) is 30.3 Å². The van der Waals surface area contributed by atoms with Gasteiger partial charge in [0.15, 0.2) is 18.1 Å². The van der Waals surface area contributed by atoms with Crippen LogP contribution >= 0.6 is 0 Å². The van der Waals surface area contributed by atoms with E-state index in [-0.39, 0.29) is 11.9 Å². The lowest BCUT2D eigenvalue weighted by molar-refractivity contribution is -0.139. The number of carboxylic acids is 1. The molecule has 3 rings (SSSR count). The van der Waals surface area contributed by atoms with Gasteiger partial charge in [0.2, 0.25) is 0 Å². The van der Waals surface area contributed by atoms with Crippen LogP contribution < -0.4 is 14.8 Å². The third kappa shape index (κ3) is 4.33. The van der Waals surface area contributed by atoms with Crippen LogP contribution in [0.15, 0.2) is 48.5 Å². The first-order valence-electron chi connectivity index (χ1n) is 8.55. The zero-order valence-corrected chi connectivity index (χ0v) is 14.5. The Balaban J connectivity index is 1.65. The minimum Gasteiger partial charge on any atom is -0.490 e. The number of aliphatic carboxylic acids is 1. The van der Waals surface area contributed by atoms with Crippen molar-refractivity contribution >= 4 is 11.9 Å². The molecule has 2 atom stereocenters. The maximum absolute atomic E-state index is 12.5.